The maximum Gasteiger partial charge on any atom is 0.251 e. The van der Waals surface area contributed by atoms with Gasteiger partial charge in [-0.05, 0) is 50.9 Å². The van der Waals surface area contributed by atoms with Crippen LogP contribution < -0.4 is 10.6 Å². The van der Waals surface area contributed by atoms with Crippen molar-refractivity contribution in [3.8, 4) is 0 Å². The Hall–Kier alpha value is -1.13. The molecule has 1 aliphatic rings. The number of hydrogen-bond acceptors (Lipinski definition) is 2. The van der Waals surface area contributed by atoms with Crippen LogP contribution in [0, 0.1) is 12.7 Å². The van der Waals surface area contributed by atoms with Crippen LogP contribution >= 0.6 is 12.4 Å². The maximum absolute atomic E-state index is 13.2. The normalized spacial score (nSPS) is 22.5. The van der Waals surface area contributed by atoms with Gasteiger partial charge in [-0.2, -0.15) is 0 Å². The van der Waals surface area contributed by atoms with Gasteiger partial charge in [0.2, 0.25) is 0 Å². The first-order chi connectivity index (χ1) is 8.56. The van der Waals surface area contributed by atoms with Crippen molar-refractivity contribution in [2.45, 2.75) is 38.8 Å². The van der Waals surface area contributed by atoms with Crippen LogP contribution in [0.1, 0.15) is 35.7 Å². The lowest BCUT2D eigenvalue weighted by atomic mass is 9.99. The molecule has 106 valence electrons. The van der Waals surface area contributed by atoms with Gasteiger partial charge < -0.3 is 10.6 Å². The van der Waals surface area contributed by atoms with E-state index in [4.69, 9.17) is 0 Å². The van der Waals surface area contributed by atoms with Crippen LogP contribution in [0.3, 0.4) is 0 Å². The fraction of sp³-hybridized carbons (Fsp3) is 0.500. The van der Waals surface area contributed by atoms with Crippen molar-refractivity contribution in [2.24, 2.45) is 0 Å². The van der Waals surface area contributed by atoms with Crippen LogP contribution in [0.4, 0.5) is 4.39 Å². The van der Waals surface area contributed by atoms with Gasteiger partial charge in [-0.15, -0.1) is 12.4 Å². The first-order valence-electron chi connectivity index (χ1n) is 6.36. The van der Waals surface area contributed by atoms with E-state index in [9.17, 15) is 9.18 Å². The van der Waals surface area contributed by atoms with E-state index in [1.165, 1.54) is 12.1 Å². The zero-order chi connectivity index (χ0) is 13.1. The zero-order valence-corrected chi connectivity index (χ0v) is 12.0. The van der Waals surface area contributed by atoms with Gasteiger partial charge in [-0.25, -0.2) is 4.39 Å². The van der Waals surface area contributed by atoms with Crippen molar-refractivity contribution in [1.82, 2.24) is 10.6 Å². The Kier molecular flexibility index (Phi) is 5.76. The monoisotopic (exact) mass is 286 g/mol. The van der Waals surface area contributed by atoms with Gasteiger partial charge in [0.15, 0.2) is 0 Å². The van der Waals surface area contributed by atoms with Gasteiger partial charge >= 0.3 is 0 Å². The summed E-state index contributed by atoms with van der Waals surface area (Å²) in [6, 6.07) is 4.90. The average Bonchev–Trinajstić information content (AvgIpc) is 2.32. The highest BCUT2D eigenvalue weighted by Crippen LogP contribution is 2.13. The number of amides is 1. The summed E-state index contributed by atoms with van der Waals surface area (Å²) in [4.78, 5) is 12.1. The number of nitrogens with one attached hydrogen (secondary N) is 2. The summed E-state index contributed by atoms with van der Waals surface area (Å²) in [5, 5.41) is 6.32. The Balaban J connectivity index is 0.00000180. The minimum absolute atomic E-state index is 0. The second kappa shape index (κ2) is 6.87. The van der Waals surface area contributed by atoms with Crippen molar-refractivity contribution in [2.75, 3.05) is 6.54 Å². The molecule has 1 aromatic carbocycles. The third-order valence-electron chi connectivity index (χ3n) is 3.40. The van der Waals surface area contributed by atoms with Crippen molar-refractivity contribution in [3.05, 3.63) is 35.1 Å². The molecule has 1 saturated heterocycles. The van der Waals surface area contributed by atoms with Crippen LogP contribution in [0.15, 0.2) is 18.2 Å². The number of aryl methyl sites for hydroxylation is 1. The molecule has 0 aromatic heterocycles. The van der Waals surface area contributed by atoms with Gasteiger partial charge in [-0.3, -0.25) is 4.79 Å². The van der Waals surface area contributed by atoms with Crippen LogP contribution in [0.5, 0.6) is 0 Å². The summed E-state index contributed by atoms with van der Waals surface area (Å²) < 4.78 is 13.2. The minimum Gasteiger partial charge on any atom is -0.349 e. The van der Waals surface area contributed by atoms with E-state index in [1.54, 1.807) is 6.07 Å². The molecule has 1 heterocycles. The summed E-state index contributed by atoms with van der Waals surface area (Å²) in [6.45, 7) is 4.83. The molecule has 0 radical (unpaired) electrons. The molecule has 19 heavy (non-hydrogen) atoms. The number of hydrogen-bond donors (Lipinski definition) is 2. The van der Waals surface area contributed by atoms with Crippen LogP contribution in [0.25, 0.3) is 0 Å². The largest absolute Gasteiger partial charge is 0.349 e. The molecule has 1 aliphatic heterocycles. The van der Waals surface area contributed by atoms with Gasteiger partial charge in [0.05, 0.1) is 0 Å². The molecule has 3 nitrogen and oxygen atoms in total. The molecule has 0 bridgehead atoms. The van der Waals surface area contributed by atoms with Crippen molar-refractivity contribution >= 4 is 18.3 Å². The average molecular weight is 287 g/mol. The molecule has 0 saturated carbocycles. The highest BCUT2D eigenvalue weighted by molar-refractivity contribution is 5.95. The number of benzene rings is 1. The number of carbonyl (C=O) groups is 1. The first kappa shape index (κ1) is 15.9. The van der Waals surface area contributed by atoms with E-state index in [1.807, 2.05) is 6.92 Å². The lowest BCUT2D eigenvalue weighted by Crippen LogP contribution is -2.46. The third-order valence-corrected chi connectivity index (χ3v) is 3.40. The van der Waals surface area contributed by atoms with Crippen LogP contribution in [0.2, 0.25) is 0 Å². The van der Waals surface area contributed by atoms with Crippen molar-refractivity contribution < 1.29 is 9.18 Å². The molecule has 1 fully saturated rings. The topological polar surface area (TPSA) is 41.1 Å². The number of rotatable bonds is 2. The highest BCUT2D eigenvalue weighted by Gasteiger charge is 2.21. The quantitative estimate of drug-likeness (QED) is 0.877. The minimum atomic E-state index is -0.371. The maximum atomic E-state index is 13.2. The van der Waals surface area contributed by atoms with Crippen molar-refractivity contribution in [1.29, 1.82) is 0 Å². The van der Waals surface area contributed by atoms with E-state index in [-0.39, 0.29) is 30.2 Å². The molecular formula is C14H20ClFN2O. The summed E-state index contributed by atoms with van der Waals surface area (Å²) in [5.41, 5.74) is 1.23. The molecule has 2 atom stereocenters. The summed E-state index contributed by atoms with van der Waals surface area (Å²) in [5.74, 6) is -0.546. The fourth-order valence-electron chi connectivity index (χ4n) is 2.37. The molecule has 2 rings (SSSR count). The fourth-order valence-corrected chi connectivity index (χ4v) is 2.37. The molecule has 2 unspecified atom stereocenters. The van der Waals surface area contributed by atoms with E-state index in [0.29, 0.717) is 11.6 Å². The molecule has 2 N–H and O–H groups in total. The summed E-state index contributed by atoms with van der Waals surface area (Å²) in [7, 11) is 0. The smallest absolute Gasteiger partial charge is 0.251 e. The van der Waals surface area contributed by atoms with Crippen LogP contribution in [-0.4, -0.2) is 24.5 Å². The van der Waals surface area contributed by atoms with Gasteiger partial charge in [0, 0.05) is 17.6 Å². The molecule has 1 aromatic rings. The van der Waals surface area contributed by atoms with Gasteiger partial charge in [0.25, 0.3) is 5.91 Å². The Labute approximate surface area is 119 Å². The molecule has 1 amide bonds. The van der Waals surface area contributed by atoms with E-state index in [0.717, 1.165) is 24.9 Å². The van der Waals surface area contributed by atoms with E-state index < -0.39 is 0 Å². The van der Waals surface area contributed by atoms with Gasteiger partial charge in [-0.1, -0.05) is 6.07 Å². The second-order valence-electron chi connectivity index (χ2n) is 5.01. The van der Waals surface area contributed by atoms with Crippen molar-refractivity contribution in [3.63, 3.8) is 0 Å². The molecular weight excluding hydrogens is 267 g/mol. The van der Waals surface area contributed by atoms with Gasteiger partial charge in [0.1, 0.15) is 5.82 Å². The molecule has 0 spiro atoms. The highest BCUT2D eigenvalue weighted by atomic mass is 35.5. The van der Waals surface area contributed by atoms with E-state index in [2.05, 4.69) is 17.6 Å². The lowest BCUT2D eigenvalue weighted by molar-refractivity contribution is 0.0924. The Morgan fingerprint density at radius 1 is 1.47 bits per heavy atom. The number of halogens is 2. The predicted molar refractivity (Wildman–Crippen MR) is 76.3 cm³/mol. The summed E-state index contributed by atoms with van der Waals surface area (Å²) >= 11 is 0. The Bertz CT molecular complexity index is 453. The number of piperidine rings is 1. The standard InChI is InChI=1S/C14H19FN2O.ClH/c1-9-3-4-11(15)8-13(9)14(18)17-12-5-6-16-10(2)7-12;/h3-4,8,10,12,16H,5-7H2,1-2H3,(H,17,18);1H. The van der Waals surface area contributed by atoms with E-state index >= 15 is 0 Å². The SMILES string of the molecule is Cc1ccc(F)cc1C(=O)NC1CCNC(C)C1.Cl. The Morgan fingerprint density at radius 2 is 2.21 bits per heavy atom. The zero-order valence-electron chi connectivity index (χ0n) is 11.2. The lowest BCUT2D eigenvalue weighted by Gasteiger charge is -2.28. The number of carbonyl (C=O) groups excluding carboxylic acids is 1. The molecule has 5 heteroatoms. The second-order valence-corrected chi connectivity index (χ2v) is 5.01. The summed E-state index contributed by atoms with van der Waals surface area (Å²) in [6.07, 6.45) is 1.84. The third kappa shape index (κ3) is 4.18. The predicted octanol–water partition coefficient (Wildman–Crippen LogP) is 2.43. The van der Waals surface area contributed by atoms with Crippen LogP contribution in [-0.2, 0) is 0 Å². The molecule has 0 aliphatic carbocycles. The Morgan fingerprint density at radius 3 is 2.89 bits per heavy atom. The first-order valence-corrected chi connectivity index (χ1v) is 6.36.